The lowest BCUT2D eigenvalue weighted by Crippen LogP contribution is -2.15. The number of fused-ring (bicyclic) bond motifs is 1. The molecule has 0 saturated carbocycles. The SMILES string of the molecule is CC(C)c1ccccc1NC(=O)CSc1cccc2ccccc12. The van der Waals surface area contributed by atoms with E-state index >= 15 is 0 Å². The van der Waals surface area contributed by atoms with Crippen LogP contribution in [0, 0.1) is 0 Å². The minimum Gasteiger partial charge on any atom is -0.325 e. The number of nitrogens with one attached hydrogen (secondary N) is 1. The van der Waals surface area contributed by atoms with Crippen molar-refractivity contribution in [2.45, 2.75) is 24.7 Å². The van der Waals surface area contributed by atoms with E-state index in [1.54, 1.807) is 11.8 Å². The lowest BCUT2D eigenvalue weighted by atomic mass is 10.0. The third kappa shape index (κ3) is 3.80. The van der Waals surface area contributed by atoms with E-state index in [0.29, 0.717) is 11.7 Å². The van der Waals surface area contributed by atoms with Crippen molar-refractivity contribution in [3.8, 4) is 0 Å². The van der Waals surface area contributed by atoms with Crippen LogP contribution in [-0.2, 0) is 4.79 Å². The molecule has 3 aromatic rings. The minimum absolute atomic E-state index is 0.0287. The molecule has 0 fully saturated rings. The highest BCUT2D eigenvalue weighted by atomic mass is 32.2. The number of thioether (sulfide) groups is 1. The van der Waals surface area contributed by atoms with Crippen LogP contribution in [0.5, 0.6) is 0 Å². The molecule has 2 nitrogen and oxygen atoms in total. The van der Waals surface area contributed by atoms with Gasteiger partial charge < -0.3 is 5.32 Å². The first-order chi connectivity index (χ1) is 11.6. The number of carbonyl (C=O) groups excluding carboxylic acids is 1. The van der Waals surface area contributed by atoms with E-state index in [1.165, 1.54) is 16.3 Å². The van der Waals surface area contributed by atoms with Gasteiger partial charge in [0.15, 0.2) is 0 Å². The molecule has 0 saturated heterocycles. The largest absolute Gasteiger partial charge is 0.325 e. The third-order valence-corrected chi connectivity index (χ3v) is 5.04. The molecule has 0 aromatic heterocycles. The van der Waals surface area contributed by atoms with Crippen LogP contribution in [0.25, 0.3) is 10.8 Å². The number of amides is 1. The summed E-state index contributed by atoms with van der Waals surface area (Å²) in [7, 11) is 0. The monoisotopic (exact) mass is 335 g/mol. The van der Waals surface area contributed by atoms with Gasteiger partial charge >= 0.3 is 0 Å². The van der Waals surface area contributed by atoms with Gasteiger partial charge in [-0.05, 0) is 34.4 Å². The van der Waals surface area contributed by atoms with E-state index in [2.05, 4.69) is 49.5 Å². The summed E-state index contributed by atoms with van der Waals surface area (Å²) >= 11 is 1.58. The number of anilines is 1. The minimum atomic E-state index is 0.0287. The second-order valence-corrected chi connectivity index (χ2v) is 7.07. The summed E-state index contributed by atoms with van der Waals surface area (Å²) in [6.07, 6.45) is 0. The lowest BCUT2D eigenvalue weighted by molar-refractivity contribution is -0.113. The van der Waals surface area contributed by atoms with Gasteiger partial charge in [-0.2, -0.15) is 0 Å². The second kappa shape index (κ2) is 7.54. The maximum Gasteiger partial charge on any atom is 0.234 e. The van der Waals surface area contributed by atoms with Gasteiger partial charge in [0.2, 0.25) is 5.91 Å². The number of carbonyl (C=O) groups is 1. The molecule has 0 aliphatic heterocycles. The quantitative estimate of drug-likeness (QED) is 0.606. The predicted molar refractivity (Wildman–Crippen MR) is 104 cm³/mol. The first-order valence-corrected chi connectivity index (χ1v) is 9.13. The van der Waals surface area contributed by atoms with Gasteiger partial charge in [0.1, 0.15) is 0 Å². The molecule has 3 rings (SSSR count). The summed E-state index contributed by atoms with van der Waals surface area (Å²) in [6.45, 7) is 4.27. The summed E-state index contributed by atoms with van der Waals surface area (Å²) in [6, 6.07) is 22.5. The van der Waals surface area contributed by atoms with Crippen LogP contribution in [0.2, 0.25) is 0 Å². The van der Waals surface area contributed by atoms with E-state index < -0.39 is 0 Å². The Morgan fingerprint density at radius 2 is 1.67 bits per heavy atom. The number of hydrogen-bond donors (Lipinski definition) is 1. The van der Waals surface area contributed by atoms with E-state index in [-0.39, 0.29) is 5.91 Å². The zero-order chi connectivity index (χ0) is 16.9. The van der Waals surface area contributed by atoms with E-state index in [1.807, 2.05) is 36.4 Å². The van der Waals surface area contributed by atoms with E-state index in [4.69, 9.17) is 0 Å². The molecule has 3 heteroatoms. The first kappa shape index (κ1) is 16.6. The molecule has 0 aliphatic carbocycles. The van der Waals surface area contributed by atoms with Crippen molar-refractivity contribution < 1.29 is 4.79 Å². The van der Waals surface area contributed by atoms with Crippen molar-refractivity contribution in [3.63, 3.8) is 0 Å². The van der Waals surface area contributed by atoms with Crippen LogP contribution < -0.4 is 5.32 Å². The number of hydrogen-bond acceptors (Lipinski definition) is 2. The second-order valence-electron chi connectivity index (χ2n) is 6.06. The Kier molecular flexibility index (Phi) is 5.21. The molecule has 1 N–H and O–H groups in total. The summed E-state index contributed by atoms with van der Waals surface area (Å²) in [4.78, 5) is 13.5. The van der Waals surface area contributed by atoms with Gasteiger partial charge in [0, 0.05) is 10.6 Å². The highest BCUT2D eigenvalue weighted by molar-refractivity contribution is 8.00. The Balaban J connectivity index is 1.70. The molecule has 0 aliphatic rings. The van der Waals surface area contributed by atoms with Crippen molar-refractivity contribution in [1.82, 2.24) is 0 Å². The normalized spacial score (nSPS) is 11.0. The van der Waals surface area contributed by atoms with Gasteiger partial charge in [-0.15, -0.1) is 11.8 Å². The van der Waals surface area contributed by atoms with Gasteiger partial charge in [0.25, 0.3) is 0 Å². The van der Waals surface area contributed by atoms with Crippen molar-refractivity contribution in [2.24, 2.45) is 0 Å². The zero-order valence-electron chi connectivity index (χ0n) is 14.0. The first-order valence-electron chi connectivity index (χ1n) is 8.14. The van der Waals surface area contributed by atoms with Crippen LogP contribution in [0.15, 0.2) is 71.6 Å². The fourth-order valence-electron chi connectivity index (χ4n) is 2.77. The number of para-hydroxylation sites is 1. The smallest absolute Gasteiger partial charge is 0.234 e. The number of benzene rings is 3. The molecule has 0 unspecified atom stereocenters. The Hall–Kier alpha value is -2.26. The van der Waals surface area contributed by atoms with E-state index in [9.17, 15) is 4.79 Å². The summed E-state index contributed by atoms with van der Waals surface area (Å²) in [5.41, 5.74) is 2.08. The van der Waals surface area contributed by atoms with Gasteiger partial charge in [-0.3, -0.25) is 4.79 Å². The molecule has 0 atom stereocenters. The highest BCUT2D eigenvalue weighted by Gasteiger charge is 2.10. The molecular formula is C21H21NOS. The fraction of sp³-hybridized carbons (Fsp3) is 0.190. The molecule has 122 valence electrons. The molecule has 1 amide bonds. The van der Waals surface area contributed by atoms with Crippen LogP contribution >= 0.6 is 11.8 Å². The van der Waals surface area contributed by atoms with Crippen LogP contribution in [0.1, 0.15) is 25.3 Å². The van der Waals surface area contributed by atoms with Crippen LogP contribution in [-0.4, -0.2) is 11.7 Å². The van der Waals surface area contributed by atoms with Gasteiger partial charge in [-0.25, -0.2) is 0 Å². The van der Waals surface area contributed by atoms with Crippen molar-refractivity contribution in [3.05, 3.63) is 72.3 Å². The summed E-state index contributed by atoms with van der Waals surface area (Å²) < 4.78 is 0. The Labute approximate surface area is 147 Å². The Bertz CT molecular complexity index is 852. The molecule has 0 heterocycles. The molecular weight excluding hydrogens is 314 g/mol. The molecule has 3 aromatic carbocycles. The lowest BCUT2D eigenvalue weighted by Gasteiger charge is -2.13. The summed E-state index contributed by atoms with van der Waals surface area (Å²) in [5, 5.41) is 5.45. The van der Waals surface area contributed by atoms with Crippen LogP contribution in [0.3, 0.4) is 0 Å². The molecule has 0 spiro atoms. The topological polar surface area (TPSA) is 29.1 Å². The maximum atomic E-state index is 12.4. The van der Waals surface area contributed by atoms with Crippen molar-refractivity contribution in [2.75, 3.05) is 11.1 Å². The van der Waals surface area contributed by atoms with E-state index in [0.717, 1.165) is 10.6 Å². The zero-order valence-corrected chi connectivity index (χ0v) is 14.8. The molecule has 0 radical (unpaired) electrons. The molecule has 24 heavy (non-hydrogen) atoms. The molecule has 0 bridgehead atoms. The fourth-order valence-corrected chi connectivity index (χ4v) is 3.64. The van der Waals surface area contributed by atoms with Crippen molar-refractivity contribution in [1.29, 1.82) is 0 Å². The standard InChI is InChI=1S/C21H21NOS/c1-15(2)17-10-5-6-12-19(17)22-21(23)14-24-20-13-7-9-16-8-3-4-11-18(16)20/h3-13,15H,14H2,1-2H3,(H,22,23). The predicted octanol–water partition coefficient (Wildman–Crippen LogP) is 5.69. The Morgan fingerprint density at radius 1 is 0.958 bits per heavy atom. The number of rotatable bonds is 5. The van der Waals surface area contributed by atoms with Gasteiger partial charge in [-0.1, -0.05) is 68.4 Å². The van der Waals surface area contributed by atoms with Gasteiger partial charge in [0.05, 0.1) is 5.75 Å². The third-order valence-electron chi connectivity index (χ3n) is 3.97. The highest BCUT2D eigenvalue weighted by Crippen LogP contribution is 2.28. The average molecular weight is 335 g/mol. The average Bonchev–Trinajstić information content (AvgIpc) is 2.60. The maximum absolute atomic E-state index is 12.4. The summed E-state index contributed by atoms with van der Waals surface area (Å²) in [5.74, 6) is 0.814. The van der Waals surface area contributed by atoms with Crippen LogP contribution in [0.4, 0.5) is 5.69 Å². The Morgan fingerprint density at radius 3 is 2.50 bits per heavy atom. The van der Waals surface area contributed by atoms with Crippen molar-refractivity contribution >= 4 is 34.1 Å².